The van der Waals surface area contributed by atoms with Crippen molar-refractivity contribution in [1.29, 1.82) is 0 Å². The minimum atomic E-state index is -0.327. The molecule has 1 saturated carbocycles. The highest BCUT2D eigenvalue weighted by Crippen LogP contribution is 2.29. The Hall–Kier alpha value is -2.47. The molecule has 1 fully saturated rings. The van der Waals surface area contributed by atoms with Gasteiger partial charge >= 0.3 is 5.97 Å². The summed E-state index contributed by atoms with van der Waals surface area (Å²) in [6, 6.07) is 9.87. The number of ether oxygens (including phenoxy) is 1. The van der Waals surface area contributed by atoms with Crippen LogP contribution in [-0.2, 0) is 11.2 Å². The third kappa shape index (κ3) is 3.81. The largest absolute Gasteiger partial charge is 0.458 e. The lowest BCUT2D eigenvalue weighted by atomic mass is 9.98. The number of nitrogens with zero attached hydrogens (tertiary/aromatic N) is 1. The number of nitrogens with one attached hydrogen (secondary N) is 1. The highest BCUT2D eigenvalue weighted by atomic mass is 32.1. The van der Waals surface area contributed by atoms with E-state index in [-0.39, 0.29) is 17.6 Å². The standard InChI is InChI=1S/C21H22N2O3S/c1-13-17-19(24)22-16(12-14-8-4-2-5-9-14)23-20(17)27-18(13)21(25)26-15-10-6-3-7-11-15/h2,4-5,8-9,15H,3,6-7,10-12H2,1H3,(H,22,23,24). The van der Waals surface area contributed by atoms with Gasteiger partial charge in [-0.15, -0.1) is 11.3 Å². The molecule has 0 saturated heterocycles. The number of aromatic amines is 1. The van der Waals surface area contributed by atoms with Gasteiger partial charge in [0.1, 0.15) is 21.6 Å². The molecule has 0 atom stereocenters. The van der Waals surface area contributed by atoms with Crippen LogP contribution in [0.1, 0.15) is 58.7 Å². The fourth-order valence-electron chi connectivity index (χ4n) is 3.64. The Morgan fingerprint density at radius 2 is 1.96 bits per heavy atom. The SMILES string of the molecule is Cc1c(C(=O)OC2CCCCC2)sc2nc(Cc3ccccc3)[nH]c(=O)c12. The van der Waals surface area contributed by atoms with Gasteiger partial charge in [0.2, 0.25) is 0 Å². The van der Waals surface area contributed by atoms with Crippen molar-refractivity contribution in [3.8, 4) is 0 Å². The quantitative estimate of drug-likeness (QED) is 0.680. The first kappa shape index (κ1) is 17.9. The second-order valence-corrected chi connectivity index (χ2v) is 8.08. The van der Waals surface area contributed by atoms with Crippen molar-refractivity contribution in [2.24, 2.45) is 0 Å². The second kappa shape index (κ2) is 7.64. The highest BCUT2D eigenvalue weighted by Gasteiger charge is 2.24. The van der Waals surface area contributed by atoms with E-state index in [1.807, 2.05) is 30.3 Å². The molecule has 2 aromatic heterocycles. The summed E-state index contributed by atoms with van der Waals surface area (Å²) >= 11 is 1.25. The van der Waals surface area contributed by atoms with E-state index in [1.165, 1.54) is 17.8 Å². The number of hydrogen-bond donors (Lipinski definition) is 1. The van der Waals surface area contributed by atoms with Gasteiger partial charge in [-0.2, -0.15) is 0 Å². The fraction of sp³-hybridized carbons (Fsp3) is 0.381. The normalized spacial score (nSPS) is 15.1. The van der Waals surface area contributed by atoms with Crippen LogP contribution in [0.2, 0.25) is 0 Å². The highest BCUT2D eigenvalue weighted by molar-refractivity contribution is 7.20. The summed E-state index contributed by atoms with van der Waals surface area (Å²) in [7, 11) is 0. The fourth-order valence-corrected chi connectivity index (χ4v) is 4.73. The van der Waals surface area contributed by atoms with Crippen molar-refractivity contribution in [2.45, 2.75) is 51.6 Å². The average molecular weight is 382 g/mol. The number of H-pyrrole nitrogens is 1. The van der Waals surface area contributed by atoms with Crippen LogP contribution < -0.4 is 5.56 Å². The van der Waals surface area contributed by atoms with Crippen LogP contribution in [0, 0.1) is 6.92 Å². The summed E-state index contributed by atoms with van der Waals surface area (Å²) in [5.41, 5.74) is 1.54. The number of carbonyl (C=O) groups excluding carboxylic acids is 1. The van der Waals surface area contributed by atoms with E-state index in [1.54, 1.807) is 6.92 Å². The summed E-state index contributed by atoms with van der Waals surface area (Å²) in [5.74, 6) is 0.276. The zero-order valence-electron chi connectivity index (χ0n) is 15.3. The Morgan fingerprint density at radius 1 is 1.22 bits per heavy atom. The number of esters is 1. The molecule has 1 aliphatic carbocycles. The van der Waals surface area contributed by atoms with Gasteiger partial charge in [-0.3, -0.25) is 4.79 Å². The number of hydrogen-bond acceptors (Lipinski definition) is 5. The first-order valence-electron chi connectivity index (χ1n) is 9.39. The first-order chi connectivity index (χ1) is 13.1. The molecular formula is C21H22N2O3S. The molecule has 6 heteroatoms. The maximum absolute atomic E-state index is 12.6. The smallest absolute Gasteiger partial charge is 0.348 e. The molecule has 140 valence electrons. The second-order valence-electron chi connectivity index (χ2n) is 7.08. The van der Waals surface area contributed by atoms with Crippen molar-refractivity contribution in [1.82, 2.24) is 9.97 Å². The third-order valence-electron chi connectivity index (χ3n) is 5.08. The molecule has 0 unspecified atom stereocenters. The Balaban J connectivity index is 1.63. The van der Waals surface area contributed by atoms with Crippen LogP contribution >= 0.6 is 11.3 Å². The molecule has 3 aromatic rings. The number of aryl methyl sites for hydroxylation is 1. The molecule has 2 heterocycles. The number of rotatable bonds is 4. The van der Waals surface area contributed by atoms with E-state index < -0.39 is 0 Å². The minimum Gasteiger partial charge on any atom is -0.458 e. The van der Waals surface area contributed by atoms with Gasteiger partial charge in [0.15, 0.2) is 0 Å². The van der Waals surface area contributed by atoms with Crippen LogP contribution in [0.4, 0.5) is 0 Å². The monoisotopic (exact) mass is 382 g/mol. The summed E-state index contributed by atoms with van der Waals surface area (Å²) in [6.07, 6.45) is 5.81. The van der Waals surface area contributed by atoms with Crippen molar-refractivity contribution < 1.29 is 9.53 Å². The summed E-state index contributed by atoms with van der Waals surface area (Å²) in [5, 5.41) is 0.493. The molecular weight excluding hydrogens is 360 g/mol. The topological polar surface area (TPSA) is 72.0 Å². The molecule has 1 aromatic carbocycles. The first-order valence-corrected chi connectivity index (χ1v) is 10.2. The van der Waals surface area contributed by atoms with E-state index >= 15 is 0 Å². The van der Waals surface area contributed by atoms with Crippen LogP contribution in [0.3, 0.4) is 0 Å². The van der Waals surface area contributed by atoms with Crippen LogP contribution in [-0.4, -0.2) is 22.0 Å². The van der Waals surface area contributed by atoms with Crippen LogP contribution in [0.5, 0.6) is 0 Å². The van der Waals surface area contributed by atoms with E-state index in [4.69, 9.17) is 4.74 Å². The molecule has 0 aliphatic heterocycles. The van der Waals surface area contributed by atoms with Crippen molar-refractivity contribution in [3.05, 3.63) is 62.5 Å². The maximum Gasteiger partial charge on any atom is 0.348 e. The molecule has 5 nitrogen and oxygen atoms in total. The third-order valence-corrected chi connectivity index (χ3v) is 6.24. The van der Waals surface area contributed by atoms with Crippen molar-refractivity contribution in [2.75, 3.05) is 0 Å². The summed E-state index contributed by atoms with van der Waals surface area (Å²) in [4.78, 5) is 33.8. The number of aromatic nitrogens is 2. The molecule has 0 amide bonds. The van der Waals surface area contributed by atoms with Crippen LogP contribution in [0.15, 0.2) is 35.1 Å². The molecule has 1 aliphatic rings. The van der Waals surface area contributed by atoms with Gasteiger partial charge < -0.3 is 9.72 Å². The van der Waals surface area contributed by atoms with Gasteiger partial charge in [0.25, 0.3) is 5.56 Å². The Labute approximate surface area is 161 Å². The van der Waals surface area contributed by atoms with Gasteiger partial charge in [-0.25, -0.2) is 9.78 Å². The Morgan fingerprint density at radius 3 is 2.70 bits per heavy atom. The lowest BCUT2D eigenvalue weighted by Gasteiger charge is -2.21. The predicted molar refractivity (Wildman–Crippen MR) is 107 cm³/mol. The summed E-state index contributed by atoms with van der Waals surface area (Å²) in [6.45, 7) is 1.80. The molecule has 1 N–H and O–H groups in total. The van der Waals surface area contributed by atoms with Crippen molar-refractivity contribution in [3.63, 3.8) is 0 Å². The summed E-state index contributed by atoms with van der Waals surface area (Å²) < 4.78 is 5.68. The lowest BCUT2D eigenvalue weighted by Crippen LogP contribution is -2.20. The minimum absolute atomic E-state index is 0.00394. The number of thiophene rings is 1. The average Bonchev–Trinajstić information content (AvgIpc) is 3.00. The van der Waals surface area contributed by atoms with E-state index in [0.717, 1.165) is 31.2 Å². The number of carbonyl (C=O) groups is 1. The zero-order chi connectivity index (χ0) is 18.8. The number of benzene rings is 1. The Bertz CT molecular complexity index is 1020. The molecule has 27 heavy (non-hydrogen) atoms. The van der Waals surface area contributed by atoms with E-state index in [9.17, 15) is 9.59 Å². The number of fused-ring (bicyclic) bond motifs is 1. The van der Waals surface area contributed by atoms with Crippen molar-refractivity contribution >= 4 is 27.5 Å². The maximum atomic E-state index is 12.6. The van der Waals surface area contributed by atoms with Gasteiger partial charge in [-0.05, 0) is 43.7 Å². The van der Waals surface area contributed by atoms with E-state index in [0.29, 0.717) is 32.9 Å². The van der Waals surface area contributed by atoms with Gasteiger partial charge in [0.05, 0.1) is 5.39 Å². The predicted octanol–water partition coefficient (Wildman–Crippen LogP) is 4.37. The molecule has 0 bridgehead atoms. The lowest BCUT2D eigenvalue weighted by molar-refractivity contribution is 0.0216. The molecule has 0 radical (unpaired) electrons. The van der Waals surface area contributed by atoms with Gasteiger partial charge in [0, 0.05) is 6.42 Å². The molecule has 0 spiro atoms. The van der Waals surface area contributed by atoms with Crippen LogP contribution in [0.25, 0.3) is 10.2 Å². The zero-order valence-corrected chi connectivity index (χ0v) is 16.1. The van der Waals surface area contributed by atoms with Gasteiger partial charge in [-0.1, -0.05) is 36.8 Å². The van der Waals surface area contributed by atoms with E-state index in [2.05, 4.69) is 9.97 Å². The molecule has 4 rings (SSSR count). The Kier molecular flexibility index (Phi) is 5.07.